The van der Waals surface area contributed by atoms with Gasteiger partial charge in [0.15, 0.2) is 0 Å². The molecule has 1 heterocycles. The Morgan fingerprint density at radius 2 is 1.81 bits per heavy atom. The minimum atomic E-state index is 1.07. The number of aromatic nitrogens is 1. The lowest BCUT2D eigenvalue weighted by molar-refractivity contribution is 1.33. The summed E-state index contributed by atoms with van der Waals surface area (Å²) in [6, 6.07) is 0. The second-order valence-corrected chi connectivity index (χ2v) is 3.99. The van der Waals surface area contributed by atoms with Crippen molar-refractivity contribution in [2.75, 3.05) is 0 Å². The summed E-state index contributed by atoms with van der Waals surface area (Å²) in [7, 11) is 0. The normalized spacial score (nSPS) is 9.56. The molecule has 0 aliphatic heterocycles. The van der Waals surface area contributed by atoms with Crippen LogP contribution in [0.1, 0.15) is 51.4 Å². The Labute approximate surface area is 105 Å². The molecule has 0 unspecified atom stereocenters. The van der Waals surface area contributed by atoms with Crippen LogP contribution in [0.3, 0.4) is 0 Å². The van der Waals surface area contributed by atoms with E-state index in [1.165, 1.54) is 4.88 Å². The van der Waals surface area contributed by atoms with E-state index in [0.29, 0.717) is 0 Å². The Hall–Kier alpha value is -0.890. The Morgan fingerprint density at radius 3 is 2.06 bits per heavy atom. The summed E-state index contributed by atoms with van der Waals surface area (Å²) in [5.74, 6) is 0. The molecule has 0 amide bonds. The van der Waals surface area contributed by atoms with E-state index in [0.717, 1.165) is 16.2 Å². The zero-order chi connectivity index (χ0) is 13.1. The van der Waals surface area contributed by atoms with Gasteiger partial charge in [0.2, 0.25) is 0 Å². The summed E-state index contributed by atoms with van der Waals surface area (Å²) in [5.41, 5.74) is 2.24. The van der Waals surface area contributed by atoms with E-state index in [9.17, 15) is 0 Å². The first-order chi connectivity index (χ1) is 7.65. The predicted molar refractivity (Wildman–Crippen MR) is 78.0 cm³/mol. The van der Waals surface area contributed by atoms with Gasteiger partial charge in [0.05, 0.1) is 0 Å². The number of allylic oxidation sites excluding steroid dienone is 3. The Balaban J connectivity index is 0. The van der Waals surface area contributed by atoms with Gasteiger partial charge in [0.1, 0.15) is 5.01 Å². The van der Waals surface area contributed by atoms with Crippen LogP contribution in [0.4, 0.5) is 0 Å². The molecule has 0 N–H and O–H groups in total. The third-order valence-corrected chi connectivity index (χ3v) is 2.55. The first kappa shape index (κ1) is 17.5. The highest BCUT2D eigenvalue weighted by molar-refractivity contribution is 7.12. The van der Waals surface area contributed by atoms with E-state index in [1.54, 1.807) is 11.3 Å². The Morgan fingerprint density at radius 1 is 1.31 bits per heavy atom. The first-order valence-corrected chi connectivity index (χ1v) is 6.71. The number of hydrogen-bond acceptors (Lipinski definition) is 2. The van der Waals surface area contributed by atoms with E-state index >= 15 is 0 Å². The van der Waals surface area contributed by atoms with Crippen LogP contribution >= 0.6 is 11.3 Å². The van der Waals surface area contributed by atoms with Gasteiger partial charge in [-0.15, -0.1) is 11.3 Å². The number of aryl methyl sites for hydroxylation is 1. The largest absolute Gasteiger partial charge is 0.244 e. The monoisotopic (exact) mass is 239 g/mol. The van der Waals surface area contributed by atoms with Gasteiger partial charge in [-0.25, -0.2) is 4.98 Å². The van der Waals surface area contributed by atoms with Crippen molar-refractivity contribution in [1.29, 1.82) is 0 Å². The van der Waals surface area contributed by atoms with Crippen molar-refractivity contribution >= 4 is 16.9 Å². The maximum absolute atomic E-state index is 4.30. The van der Waals surface area contributed by atoms with E-state index in [-0.39, 0.29) is 0 Å². The molecule has 16 heavy (non-hydrogen) atoms. The molecule has 0 radical (unpaired) electrons. The molecule has 1 nitrogen and oxygen atoms in total. The van der Waals surface area contributed by atoms with E-state index in [2.05, 4.69) is 24.6 Å². The molecule has 1 aromatic heterocycles. The van der Waals surface area contributed by atoms with Crippen LogP contribution in [0, 0.1) is 6.92 Å². The average molecular weight is 239 g/mol. The summed E-state index contributed by atoms with van der Waals surface area (Å²) >= 11 is 1.71. The fourth-order valence-electron chi connectivity index (χ4n) is 1.03. The molecule has 0 spiro atoms. The molecule has 0 bridgehead atoms. The molecule has 0 aliphatic carbocycles. The van der Waals surface area contributed by atoms with Crippen LogP contribution < -0.4 is 0 Å². The summed E-state index contributed by atoms with van der Waals surface area (Å²) in [5, 5.41) is 1.07. The molecule has 92 valence electrons. The lowest BCUT2D eigenvalue weighted by Crippen LogP contribution is -1.81. The molecule has 0 saturated carbocycles. The third kappa shape index (κ3) is 5.86. The molecule has 0 atom stereocenters. The molecule has 2 heteroatoms. The summed E-state index contributed by atoms with van der Waals surface area (Å²) in [6.07, 6.45) is 3.95. The maximum Gasteiger partial charge on any atom is 0.123 e. The highest BCUT2D eigenvalue weighted by Crippen LogP contribution is 2.25. The third-order valence-electron chi connectivity index (χ3n) is 1.60. The highest BCUT2D eigenvalue weighted by Gasteiger charge is 2.04. The van der Waals surface area contributed by atoms with Gasteiger partial charge in [-0.05, 0) is 26.3 Å². The Bertz CT molecular complexity index is 321. The van der Waals surface area contributed by atoms with Gasteiger partial charge in [0, 0.05) is 16.6 Å². The molecule has 0 aromatic carbocycles. The second kappa shape index (κ2) is 10.6. The number of hydrogen-bond donors (Lipinski definition) is 0. The molecular weight excluding hydrogens is 214 g/mol. The molecule has 0 aliphatic rings. The van der Waals surface area contributed by atoms with Crippen molar-refractivity contribution in [2.24, 2.45) is 0 Å². The summed E-state index contributed by atoms with van der Waals surface area (Å²) < 4.78 is 0. The minimum absolute atomic E-state index is 1.07. The topological polar surface area (TPSA) is 12.9 Å². The minimum Gasteiger partial charge on any atom is -0.244 e. The lowest BCUT2D eigenvalue weighted by Gasteiger charge is -1.99. The van der Waals surface area contributed by atoms with Crippen LogP contribution in [-0.4, -0.2) is 4.98 Å². The average Bonchev–Trinajstić information content (AvgIpc) is 2.71. The fourth-order valence-corrected chi connectivity index (χ4v) is 1.95. The van der Waals surface area contributed by atoms with Gasteiger partial charge in [-0.2, -0.15) is 0 Å². The molecule has 1 aromatic rings. The van der Waals surface area contributed by atoms with Gasteiger partial charge in [-0.3, -0.25) is 0 Å². The van der Waals surface area contributed by atoms with E-state index < -0.39 is 0 Å². The van der Waals surface area contributed by atoms with Crippen molar-refractivity contribution in [3.05, 3.63) is 34.3 Å². The quantitative estimate of drug-likeness (QED) is 0.622. The van der Waals surface area contributed by atoms with Crippen molar-refractivity contribution in [1.82, 2.24) is 4.98 Å². The van der Waals surface area contributed by atoms with Crippen LogP contribution in [0.25, 0.3) is 5.57 Å². The second-order valence-electron chi connectivity index (χ2n) is 2.76. The van der Waals surface area contributed by atoms with Crippen LogP contribution in [-0.2, 0) is 0 Å². The molecule has 0 fully saturated rings. The number of thiazole rings is 1. The van der Waals surface area contributed by atoms with Crippen molar-refractivity contribution < 1.29 is 0 Å². The first-order valence-electron chi connectivity index (χ1n) is 5.90. The fraction of sp³-hybridized carbons (Fsp3) is 0.500. The SMILES string of the molecule is C=C(C)/C(=C\C)c1ncc(C)s1.CC.CC. The molecular formula is C14H25NS. The van der Waals surface area contributed by atoms with Crippen LogP contribution in [0.15, 0.2) is 24.4 Å². The van der Waals surface area contributed by atoms with Crippen molar-refractivity contribution in [3.8, 4) is 0 Å². The summed E-state index contributed by atoms with van der Waals surface area (Å²) in [6.45, 7) is 18.0. The van der Waals surface area contributed by atoms with E-state index in [4.69, 9.17) is 0 Å². The van der Waals surface area contributed by atoms with Gasteiger partial charge >= 0.3 is 0 Å². The van der Waals surface area contributed by atoms with Gasteiger partial charge in [-0.1, -0.05) is 40.3 Å². The number of rotatable bonds is 2. The zero-order valence-electron chi connectivity index (χ0n) is 11.7. The number of nitrogens with zero attached hydrogens (tertiary/aromatic N) is 1. The van der Waals surface area contributed by atoms with Crippen LogP contribution in [0.5, 0.6) is 0 Å². The van der Waals surface area contributed by atoms with Crippen molar-refractivity contribution in [3.63, 3.8) is 0 Å². The molecule has 1 rings (SSSR count). The highest BCUT2D eigenvalue weighted by atomic mass is 32.1. The maximum atomic E-state index is 4.30. The predicted octanol–water partition coefficient (Wildman–Crippen LogP) is 5.48. The Kier molecular flexibility index (Phi) is 11.6. The lowest BCUT2D eigenvalue weighted by atomic mass is 10.1. The zero-order valence-corrected chi connectivity index (χ0v) is 12.5. The van der Waals surface area contributed by atoms with Gasteiger partial charge < -0.3 is 0 Å². The summed E-state index contributed by atoms with van der Waals surface area (Å²) in [4.78, 5) is 5.54. The standard InChI is InChI=1S/C10H13NS.2C2H6/c1-5-9(7(2)3)10-11-6-8(4)12-10;2*1-2/h5-6H,2H2,1,3-4H3;2*1-2H3/b9-5+;;. The van der Waals surface area contributed by atoms with Gasteiger partial charge in [0.25, 0.3) is 0 Å². The van der Waals surface area contributed by atoms with Crippen molar-refractivity contribution in [2.45, 2.75) is 48.5 Å². The smallest absolute Gasteiger partial charge is 0.123 e. The molecule has 0 saturated heterocycles. The van der Waals surface area contributed by atoms with Crippen LogP contribution in [0.2, 0.25) is 0 Å². The van der Waals surface area contributed by atoms with E-state index in [1.807, 2.05) is 47.7 Å².